The van der Waals surface area contributed by atoms with Gasteiger partial charge in [0.25, 0.3) is 0 Å². The van der Waals surface area contributed by atoms with Crippen LogP contribution in [0.15, 0.2) is 0 Å². The highest BCUT2D eigenvalue weighted by molar-refractivity contribution is 5.71. The van der Waals surface area contributed by atoms with Gasteiger partial charge in [0.1, 0.15) is 12.7 Å². The lowest BCUT2D eigenvalue weighted by molar-refractivity contribution is -0.168. The fraction of sp³-hybridized carbons (Fsp3) is 0.925. The lowest BCUT2D eigenvalue weighted by Crippen LogP contribution is -2.40. The molecule has 0 aromatic rings. The Balaban J connectivity index is 2.42. The Hall–Kier alpha value is -1.67. The van der Waals surface area contributed by atoms with Crippen LogP contribution in [-0.2, 0) is 33.3 Å². The minimum Gasteiger partial charge on any atom is -0.463 e. The smallest absolute Gasteiger partial charge is 0.306 e. The summed E-state index contributed by atoms with van der Waals surface area (Å²) in [6.07, 6.45) is 27.3. The summed E-state index contributed by atoms with van der Waals surface area (Å²) in [5.74, 6) is -0.891. The molecule has 1 aliphatic rings. The number of rotatable bonds is 33. The lowest BCUT2D eigenvalue weighted by Gasteiger charge is -2.23. The third-order valence-electron chi connectivity index (χ3n) is 9.37. The summed E-state index contributed by atoms with van der Waals surface area (Å²) < 4.78 is 23.0. The van der Waals surface area contributed by atoms with Gasteiger partial charge in [-0.15, -0.1) is 0 Å². The Kier molecular flexibility index (Phi) is 28.9. The first kappa shape index (κ1) is 44.4. The van der Waals surface area contributed by atoms with E-state index in [4.69, 9.17) is 18.9 Å². The molecule has 8 nitrogen and oxygen atoms in total. The number of carbonyl (C=O) groups excluding carboxylic acids is 3. The van der Waals surface area contributed by atoms with Gasteiger partial charge >= 0.3 is 17.9 Å². The number of unbranched alkanes of at least 4 members (excludes halogenated alkanes) is 21. The van der Waals surface area contributed by atoms with Crippen LogP contribution in [0.25, 0.3) is 0 Å². The van der Waals surface area contributed by atoms with Crippen molar-refractivity contribution in [1.82, 2.24) is 4.90 Å². The molecule has 8 heteroatoms. The Morgan fingerprint density at radius 1 is 0.542 bits per heavy atom. The van der Waals surface area contributed by atoms with Gasteiger partial charge in [0.05, 0.1) is 6.61 Å². The molecule has 0 N–H and O–H groups in total. The molecule has 0 unspecified atom stereocenters. The second-order valence-corrected chi connectivity index (χ2v) is 14.4. The van der Waals surface area contributed by atoms with Gasteiger partial charge in [-0.2, -0.15) is 0 Å². The second-order valence-electron chi connectivity index (χ2n) is 14.4. The number of ether oxygens (including phenoxy) is 4. The van der Waals surface area contributed by atoms with Crippen LogP contribution in [0.5, 0.6) is 0 Å². The van der Waals surface area contributed by atoms with E-state index in [0.29, 0.717) is 19.3 Å². The zero-order chi connectivity index (χ0) is 35.1. The Labute approximate surface area is 295 Å². The highest BCUT2D eigenvalue weighted by Gasteiger charge is 2.43. The van der Waals surface area contributed by atoms with Crippen molar-refractivity contribution in [3.05, 3.63) is 0 Å². The van der Waals surface area contributed by atoms with Gasteiger partial charge in [0.15, 0.2) is 12.2 Å². The van der Waals surface area contributed by atoms with Crippen LogP contribution in [-0.4, -0.2) is 75.0 Å². The topological polar surface area (TPSA) is 91.4 Å². The van der Waals surface area contributed by atoms with Gasteiger partial charge in [-0.05, 0) is 46.3 Å². The average molecular weight is 682 g/mol. The van der Waals surface area contributed by atoms with Gasteiger partial charge in [0.2, 0.25) is 0 Å². The fourth-order valence-electron chi connectivity index (χ4n) is 6.29. The third-order valence-corrected chi connectivity index (χ3v) is 9.37. The zero-order valence-corrected chi connectivity index (χ0v) is 31.8. The molecule has 0 saturated carbocycles. The molecule has 1 heterocycles. The summed E-state index contributed by atoms with van der Waals surface area (Å²) in [6.45, 7) is 5.53. The second kappa shape index (κ2) is 31.3. The normalized spacial score (nSPS) is 17.6. The van der Waals surface area contributed by atoms with E-state index in [1.54, 1.807) is 0 Å². The quantitative estimate of drug-likeness (QED) is 0.0384. The maximum absolute atomic E-state index is 12.9. The van der Waals surface area contributed by atoms with Crippen molar-refractivity contribution in [3.8, 4) is 0 Å². The summed E-state index contributed by atoms with van der Waals surface area (Å²) >= 11 is 0. The standard InChI is InChI=1S/C40H75NO7/c1-5-7-9-11-13-15-17-19-21-23-25-30-38(43)47-36-34-45-35(33-46-37(42)29-27-28-32-41(3)4)40(36)48-39(44)31-26-24-22-20-18-16-14-12-10-8-6-2/h35-36,40H,5-34H2,1-4H3/t35-,36+,40+/m1/s1. The van der Waals surface area contributed by atoms with E-state index in [9.17, 15) is 14.4 Å². The van der Waals surface area contributed by atoms with Crippen LogP contribution >= 0.6 is 0 Å². The zero-order valence-electron chi connectivity index (χ0n) is 31.8. The van der Waals surface area contributed by atoms with Crippen molar-refractivity contribution in [2.75, 3.05) is 33.9 Å². The summed E-state index contributed by atoms with van der Waals surface area (Å²) in [7, 11) is 4.02. The van der Waals surface area contributed by atoms with Crippen molar-refractivity contribution in [3.63, 3.8) is 0 Å². The number of nitrogens with zero attached hydrogens (tertiary/aromatic N) is 1. The minimum absolute atomic E-state index is 0.0183. The molecule has 1 fully saturated rings. The summed E-state index contributed by atoms with van der Waals surface area (Å²) in [5.41, 5.74) is 0. The van der Waals surface area contributed by atoms with E-state index in [-0.39, 0.29) is 31.1 Å². The third kappa shape index (κ3) is 25.3. The first-order chi connectivity index (χ1) is 23.4. The molecule has 1 saturated heterocycles. The molecule has 0 spiro atoms. The summed E-state index contributed by atoms with van der Waals surface area (Å²) in [6, 6.07) is 0. The Morgan fingerprint density at radius 2 is 0.938 bits per heavy atom. The van der Waals surface area contributed by atoms with Gasteiger partial charge in [-0.3, -0.25) is 14.4 Å². The first-order valence-corrected chi connectivity index (χ1v) is 20.2. The minimum atomic E-state index is -0.770. The highest BCUT2D eigenvalue weighted by atomic mass is 16.6. The predicted octanol–water partition coefficient (Wildman–Crippen LogP) is 9.89. The lowest BCUT2D eigenvalue weighted by atomic mass is 10.1. The van der Waals surface area contributed by atoms with E-state index in [1.165, 1.54) is 103 Å². The first-order valence-electron chi connectivity index (χ1n) is 20.2. The van der Waals surface area contributed by atoms with Crippen LogP contribution in [0.4, 0.5) is 0 Å². The molecule has 1 rings (SSSR count). The molecular formula is C40H75NO7. The van der Waals surface area contributed by atoms with Crippen LogP contribution in [0.1, 0.15) is 187 Å². The maximum Gasteiger partial charge on any atom is 0.306 e. The van der Waals surface area contributed by atoms with Crippen LogP contribution in [0.3, 0.4) is 0 Å². The summed E-state index contributed by atoms with van der Waals surface area (Å²) in [5, 5.41) is 0. The maximum atomic E-state index is 12.9. The molecule has 282 valence electrons. The molecule has 0 aromatic heterocycles. The monoisotopic (exact) mass is 682 g/mol. The largest absolute Gasteiger partial charge is 0.463 e. The van der Waals surface area contributed by atoms with Crippen LogP contribution in [0, 0.1) is 0 Å². The number of carbonyl (C=O) groups is 3. The average Bonchev–Trinajstić information content (AvgIpc) is 3.43. The van der Waals surface area contributed by atoms with Gasteiger partial charge in [-0.25, -0.2) is 0 Å². The van der Waals surface area contributed by atoms with E-state index in [0.717, 1.165) is 57.9 Å². The van der Waals surface area contributed by atoms with Gasteiger partial charge in [0, 0.05) is 19.3 Å². The van der Waals surface area contributed by atoms with Crippen molar-refractivity contribution < 1.29 is 33.3 Å². The van der Waals surface area contributed by atoms with Crippen molar-refractivity contribution in [1.29, 1.82) is 0 Å². The summed E-state index contributed by atoms with van der Waals surface area (Å²) in [4.78, 5) is 40.0. The molecule has 0 bridgehead atoms. The number of hydrogen-bond donors (Lipinski definition) is 0. The highest BCUT2D eigenvalue weighted by Crippen LogP contribution is 2.24. The molecule has 48 heavy (non-hydrogen) atoms. The molecule has 0 aliphatic carbocycles. The van der Waals surface area contributed by atoms with Crippen molar-refractivity contribution >= 4 is 17.9 Å². The van der Waals surface area contributed by atoms with E-state index in [1.807, 2.05) is 14.1 Å². The number of esters is 3. The van der Waals surface area contributed by atoms with Gasteiger partial charge in [-0.1, -0.05) is 142 Å². The van der Waals surface area contributed by atoms with Crippen molar-refractivity contribution in [2.24, 2.45) is 0 Å². The molecular weight excluding hydrogens is 606 g/mol. The van der Waals surface area contributed by atoms with Crippen LogP contribution < -0.4 is 0 Å². The van der Waals surface area contributed by atoms with E-state index < -0.39 is 18.3 Å². The Bertz CT molecular complexity index is 790. The van der Waals surface area contributed by atoms with Gasteiger partial charge < -0.3 is 23.8 Å². The predicted molar refractivity (Wildman–Crippen MR) is 195 cm³/mol. The molecule has 0 amide bonds. The van der Waals surface area contributed by atoms with Crippen LogP contribution in [0.2, 0.25) is 0 Å². The fourth-order valence-corrected chi connectivity index (χ4v) is 6.29. The van der Waals surface area contributed by atoms with Crippen molar-refractivity contribution in [2.45, 2.75) is 206 Å². The molecule has 0 radical (unpaired) electrons. The van der Waals surface area contributed by atoms with E-state index in [2.05, 4.69) is 18.7 Å². The Morgan fingerprint density at radius 3 is 1.40 bits per heavy atom. The SMILES string of the molecule is CCCCCCCCCCCCCC(=O)O[C@@H]1[C@@H](OC(=O)CCCCCCCCCCCCC)CO[C@@H]1COC(=O)CCCCN(C)C. The molecule has 3 atom stereocenters. The van der Waals surface area contributed by atoms with E-state index >= 15 is 0 Å². The molecule has 1 aliphatic heterocycles. The number of hydrogen-bond acceptors (Lipinski definition) is 8. The molecule has 0 aromatic carbocycles.